The van der Waals surface area contributed by atoms with Gasteiger partial charge in [0.2, 0.25) is 10.0 Å². The van der Waals surface area contributed by atoms with Gasteiger partial charge in [-0.25, -0.2) is 18.1 Å². The van der Waals surface area contributed by atoms with Gasteiger partial charge >= 0.3 is 0 Å². The highest BCUT2D eigenvalue weighted by molar-refractivity contribution is 7.89. The molecule has 2 rings (SSSR count). The van der Waals surface area contributed by atoms with Gasteiger partial charge in [-0.05, 0) is 46.1 Å². The van der Waals surface area contributed by atoms with Crippen molar-refractivity contribution in [2.24, 2.45) is 5.92 Å². The Kier molecular flexibility index (Phi) is 6.00. The van der Waals surface area contributed by atoms with Gasteiger partial charge in [-0.3, -0.25) is 4.90 Å². The van der Waals surface area contributed by atoms with Crippen LogP contribution in [0.1, 0.15) is 45.5 Å². The molecule has 1 aliphatic rings. The van der Waals surface area contributed by atoms with Gasteiger partial charge in [-0.2, -0.15) is 0 Å². The minimum atomic E-state index is -3.09. The molecule has 1 aliphatic heterocycles. The fourth-order valence-electron chi connectivity index (χ4n) is 2.94. The van der Waals surface area contributed by atoms with Crippen LogP contribution in [0.3, 0.4) is 0 Å². The summed E-state index contributed by atoms with van der Waals surface area (Å²) in [5.41, 5.74) is 0. The fraction of sp³-hybridized carbons (Fsp3) is 0.800. The molecule has 7 heteroatoms. The first-order valence-electron chi connectivity index (χ1n) is 8.12. The zero-order valence-electron chi connectivity index (χ0n) is 13.8. The highest BCUT2D eigenvalue weighted by Gasteiger charge is 2.22. The van der Waals surface area contributed by atoms with E-state index < -0.39 is 10.0 Å². The van der Waals surface area contributed by atoms with E-state index in [1.54, 1.807) is 6.92 Å². The van der Waals surface area contributed by atoms with Gasteiger partial charge in [-0.15, -0.1) is 0 Å². The lowest BCUT2D eigenvalue weighted by molar-refractivity contribution is 0.163. The number of nitrogens with one attached hydrogen (secondary N) is 1. The summed E-state index contributed by atoms with van der Waals surface area (Å²) in [4.78, 5) is 6.85. The first-order chi connectivity index (χ1) is 10.4. The van der Waals surface area contributed by atoms with Crippen molar-refractivity contribution in [1.82, 2.24) is 19.2 Å². The Balaban J connectivity index is 1.89. The lowest BCUT2D eigenvalue weighted by Crippen LogP contribution is -2.41. The molecular weight excluding hydrogens is 300 g/mol. The van der Waals surface area contributed by atoms with Crippen molar-refractivity contribution >= 4 is 10.0 Å². The number of nitrogens with zero attached hydrogens (tertiary/aromatic N) is 3. The van der Waals surface area contributed by atoms with Crippen molar-refractivity contribution < 1.29 is 8.42 Å². The Morgan fingerprint density at radius 3 is 2.91 bits per heavy atom. The number of imidazole rings is 1. The largest absolute Gasteiger partial charge is 0.331 e. The van der Waals surface area contributed by atoms with Crippen LogP contribution in [0, 0.1) is 5.92 Å². The third-order valence-electron chi connectivity index (χ3n) is 4.25. The molecule has 0 spiro atoms. The van der Waals surface area contributed by atoms with Gasteiger partial charge in [-0.1, -0.05) is 0 Å². The third-order valence-corrected chi connectivity index (χ3v) is 5.61. The number of likely N-dealkylation sites (tertiary alicyclic amines) is 1. The molecule has 1 aromatic rings. The van der Waals surface area contributed by atoms with Gasteiger partial charge < -0.3 is 4.57 Å². The van der Waals surface area contributed by atoms with Crippen molar-refractivity contribution in [3.63, 3.8) is 0 Å². The van der Waals surface area contributed by atoms with Gasteiger partial charge in [0.05, 0.1) is 12.3 Å². The van der Waals surface area contributed by atoms with Gasteiger partial charge in [0, 0.05) is 31.5 Å². The number of piperidine rings is 1. The molecule has 22 heavy (non-hydrogen) atoms. The average molecular weight is 328 g/mol. The van der Waals surface area contributed by atoms with Crippen LogP contribution in [-0.2, 0) is 16.6 Å². The zero-order valence-corrected chi connectivity index (χ0v) is 14.6. The van der Waals surface area contributed by atoms with Crippen LogP contribution in [0.4, 0.5) is 0 Å². The summed E-state index contributed by atoms with van der Waals surface area (Å²) < 4.78 is 28.0. The Morgan fingerprint density at radius 1 is 1.45 bits per heavy atom. The van der Waals surface area contributed by atoms with E-state index in [0.29, 0.717) is 18.5 Å². The minimum Gasteiger partial charge on any atom is -0.331 e. The van der Waals surface area contributed by atoms with Crippen LogP contribution >= 0.6 is 0 Å². The van der Waals surface area contributed by atoms with Gasteiger partial charge in [0.15, 0.2) is 0 Å². The highest BCUT2D eigenvalue weighted by atomic mass is 32.2. The summed E-state index contributed by atoms with van der Waals surface area (Å²) >= 11 is 0. The van der Waals surface area contributed by atoms with E-state index in [1.165, 1.54) is 0 Å². The quantitative estimate of drug-likeness (QED) is 0.826. The smallest absolute Gasteiger partial charge is 0.211 e. The van der Waals surface area contributed by atoms with E-state index in [1.807, 2.05) is 12.4 Å². The summed E-state index contributed by atoms with van der Waals surface area (Å²) in [5, 5.41) is 0. The maximum atomic E-state index is 11.6. The lowest BCUT2D eigenvalue weighted by atomic mass is 9.98. The van der Waals surface area contributed by atoms with Crippen LogP contribution in [0.2, 0.25) is 0 Å². The molecule has 0 amide bonds. The van der Waals surface area contributed by atoms with Crippen molar-refractivity contribution in [3.8, 4) is 0 Å². The van der Waals surface area contributed by atoms with Gasteiger partial charge in [0.1, 0.15) is 5.82 Å². The van der Waals surface area contributed by atoms with Crippen molar-refractivity contribution in [2.45, 2.75) is 46.2 Å². The number of aromatic nitrogens is 2. The molecule has 6 nitrogen and oxygen atoms in total. The Labute approximate surface area is 134 Å². The Hall–Kier alpha value is -0.920. The molecule has 1 atom stereocenters. The SMILES string of the molecule is CCS(=O)(=O)NC[C@@H]1CCCN(Cc2nccn2C(C)C)C1. The van der Waals surface area contributed by atoms with Crippen LogP contribution in [-0.4, -0.2) is 48.3 Å². The van der Waals surface area contributed by atoms with Crippen molar-refractivity contribution in [1.29, 1.82) is 0 Å². The van der Waals surface area contributed by atoms with Crippen LogP contribution in [0.25, 0.3) is 0 Å². The second-order valence-corrected chi connectivity index (χ2v) is 8.44. The van der Waals surface area contributed by atoms with Crippen molar-refractivity contribution in [3.05, 3.63) is 18.2 Å². The van der Waals surface area contributed by atoms with E-state index in [-0.39, 0.29) is 5.75 Å². The number of rotatable bonds is 7. The van der Waals surface area contributed by atoms with E-state index in [4.69, 9.17) is 0 Å². The fourth-order valence-corrected chi connectivity index (χ4v) is 3.64. The van der Waals surface area contributed by atoms with Crippen LogP contribution in [0.15, 0.2) is 12.4 Å². The average Bonchev–Trinajstić information content (AvgIpc) is 2.94. The monoisotopic (exact) mass is 328 g/mol. The minimum absolute atomic E-state index is 0.148. The normalized spacial score (nSPS) is 20.6. The summed E-state index contributed by atoms with van der Waals surface area (Å²) in [6.07, 6.45) is 6.07. The summed E-state index contributed by atoms with van der Waals surface area (Å²) in [6.45, 7) is 9.35. The lowest BCUT2D eigenvalue weighted by Gasteiger charge is -2.32. The molecule has 0 radical (unpaired) electrons. The molecule has 1 saturated heterocycles. The van der Waals surface area contributed by atoms with Crippen molar-refractivity contribution in [2.75, 3.05) is 25.4 Å². The molecular formula is C15H28N4O2S. The van der Waals surface area contributed by atoms with E-state index in [0.717, 1.165) is 38.3 Å². The van der Waals surface area contributed by atoms with E-state index in [9.17, 15) is 8.42 Å². The summed E-state index contributed by atoms with van der Waals surface area (Å²) in [5.74, 6) is 1.62. The predicted octanol–water partition coefficient (Wildman–Crippen LogP) is 1.62. The number of hydrogen-bond donors (Lipinski definition) is 1. The number of sulfonamides is 1. The molecule has 0 unspecified atom stereocenters. The first kappa shape index (κ1) is 17.4. The maximum absolute atomic E-state index is 11.6. The molecule has 0 aliphatic carbocycles. The highest BCUT2D eigenvalue weighted by Crippen LogP contribution is 2.19. The predicted molar refractivity (Wildman–Crippen MR) is 88.1 cm³/mol. The molecule has 2 heterocycles. The molecule has 1 N–H and O–H groups in total. The third kappa shape index (κ3) is 4.79. The second kappa shape index (κ2) is 7.57. The van der Waals surface area contributed by atoms with Crippen LogP contribution < -0.4 is 4.72 Å². The molecule has 0 saturated carbocycles. The summed E-state index contributed by atoms with van der Waals surface area (Å²) in [6, 6.07) is 0.412. The topological polar surface area (TPSA) is 67.2 Å². The zero-order chi connectivity index (χ0) is 16.2. The van der Waals surface area contributed by atoms with E-state index in [2.05, 4.69) is 33.0 Å². The standard InChI is InChI=1S/C15H28N4O2S/c1-4-22(20,21)17-10-14-6-5-8-18(11-14)12-15-16-7-9-19(15)13(2)3/h7,9,13-14,17H,4-6,8,10-12H2,1-3H3/t14-/m0/s1. The van der Waals surface area contributed by atoms with Crippen LogP contribution in [0.5, 0.6) is 0 Å². The Morgan fingerprint density at radius 2 is 2.23 bits per heavy atom. The Bertz CT molecular complexity index is 568. The maximum Gasteiger partial charge on any atom is 0.211 e. The number of hydrogen-bond acceptors (Lipinski definition) is 4. The first-order valence-corrected chi connectivity index (χ1v) is 9.78. The molecule has 1 aromatic heterocycles. The molecule has 1 fully saturated rings. The van der Waals surface area contributed by atoms with E-state index >= 15 is 0 Å². The second-order valence-electron chi connectivity index (χ2n) is 6.34. The van der Waals surface area contributed by atoms with Gasteiger partial charge in [0.25, 0.3) is 0 Å². The molecule has 0 aromatic carbocycles. The summed E-state index contributed by atoms with van der Waals surface area (Å²) in [7, 11) is -3.09. The molecule has 0 bridgehead atoms. The molecule has 126 valence electrons.